The summed E-state index contributed by atoms with van der Waals surface area (Å²) in [5.41, 5.74) is 3.02. The lowest BCUT2D eigenvalue weighted by atomic mass is 9.77. The topological polar surface area (TPSA) is 38.8 Å². The highest BCUT2D eigenvalue weighted by atomic mass is 19.1. The number of rotatable bonds is 4. The van der Waals surface area contributed by atoms with Crippen LogP contribution in [0.4, 0.5) is 10.1 Å². The Morgan fingerprint density at radius 1 is 0.882 bits per heavy atom. The number of methoxy groups -OCH3 is 1. The molecule has 1 spiro atoms. The molecular formula is C29H22FNO3. The van der Waals surface area contributed by atoms with Crippen LogP contribution in [0, 0.1) is 5.82 Å². The minimum absolute atomic E-state index is 0.0952. The number of fused-ring (bicyclic) bond motifs is 4. The van der Waals surface area contributed by atoms with Gasteiger partial charge in [0.05, 0.1) is 13.2 Å². The molecule has 0 fully saturated rings. The standard InChI is InChI=1S/C29H22FNO3/c1-33-26-17-25-22(16-23(26)30)29(18-34-25)21-14-8-9-15-24(21)31(28(29)32)27(19-10-4-2-5-11-19)20-12-6-3-7-13-20/h2-17,27H,18H2,1H3. The van der Waals surface area contributed by atoms with Crippen LogP contribution in [0.15, 0.2) is 97.1 Å². The smallest absolute Gasteiger partial charge is 0.246 e. The zero-order valence-corrected chi connectivity index (χ0v) is 18.6. The monoisotopic (exact) mass is 451 g/mol. The molecule has 34 heavy (non-hydrogen) atoms. The number of nitrogens with zero attached hydrogens (tertiary/aromatic N) is 1. The molecule has 1 amide bonds. The Morgan fingerprint density at radius 3 is 2.15 bits per heavy atom. The van der Waals surface area contributed by atoms with Gasteiger partial charge >= 0.3 is 0 Å². The highest BCUT2D eigenvalue weighted by molar-refractivity contribution is 6.12. The summed E-state index contributed by atoms with van der Waals surface area (Å²) >= 11 is 0. The third-order valence-corrected chi connectivity index (χ3v) is 6.85. The van der Waals surface area contributed by atoms with Crippen molar-refractivity contribution in [2.75, 3.05) is 18.6 Å². The van der Waals surface area contributed by atoms with E-state index in [9.17, 15) is 9.18 Å². The van der Waals surface area contributed by atoms with Gasteiger partial charge in [-0.3, -0.25) is 9.69 Å². The summed E-state index contributed by atoms with van der Waals surface area (Å²) in [5.74, 6) is -0.0793. The molecule has 1 unspecified atom stereocenters. The van der Waals surface area contributed by atoms with Gasteiger partial charge in [0.1, 0.15) is 17.8 Å². The number of hydrogen-bond donors (Lipinski definition) is 0. The number of carbonyl (C=O) groups excluding carboxylic acids is 1. The van der Waals surface area contributed by atoms with E-state index in [1.165, 1.54) is 19.2 Å². The molecule has 4 aromatic carbocycles. The van der Waals surface area contributed by atoms with E-state index < -0.39 is 11.2 Å². The Bertz CT molecular complexity index is 1350. The molecule has 168 valence electrons. The number of benzene rings is 4. The minimum Gasteiger partial charge on any atom is -0.494 e. The van der Waals surface area contributed by atoms with Gasteiger partial charge in [-0.15, -0.1) is 0 Å². The van der Waals surface area contributed by atoms with Crippen LogP contribution < -0.4 is 14.4 Å². The van der Waals surface area contributed by atoms with E-state index in [1.807, 2.05) is 89.8 Å². The number of halogens is 1. The normalized spacial score (nSPS) is 18.2. The van der Waals surface area contributed by atoms with Gasteiger partial charge in [-0.05, 0) is 28.8 Å². The van der Waals surface area contributed by atoms with E-state index in [0.717, 1.165) is 22.4 Å². The lowest BCUT2D eigenvalue weighted by Crippen LogP contribution is -2.44. The molecule has 5 heteroatoms. The molecular weight excluding hydrogens is 429 g/mol. The van der Waals surface area contributed by atoms with E-state index in [0.29, 0.717) is 11.3 Å². The first-order valence-electron chi connectivity index (χ1n) is 11.2. The predicted molar refractivity (Wildman–Crippen MR) is 128 cm³/mol. The summed E-state index contributed by atoms with van der Waals surface area (Å²) in [6.07, 6.45) is 0. The van der Waals surface area contributed by atoms with Crippen molar-refractivity contribution < 1.29 is 18.7 Å². The number of hydrogen-bond acceptors (Lipinski definition) is 3. The van der Waals surface area contributed by atoms with Gasteiger partial charge in [0.15, 0.2) is 11.6 Å². The average Bonchev–Trinajstić information content (AvgIpc) is 3.37. The third kappa shape index (κ3) is 2.80. The van der Waals surface area contributed by atoms with E-state index in [2.05, 4.69) is 0 Å². The summed E-state index contributed by atoms with van der Waals surface area (Å²) in [6.45, 7) is 0.109. The number of anilines is 1. The predicted octanol–water partition coefficient (Wildman–Crippen LogP) is 5.65. The molecule has 4 nitrogen and oxygen atoms in total. The fourth-order valence-electron chi connectivity index (χ4n) is 5.30. The summed E-state index contributed by atoms with van der Waals surface area (Å²) in [6, 6.07) is 30.3. The number of carbonyl (C=O) groups is 1. The second-order valence-corrected chi connectivity index (χ2v) is 8.59. The molecule has 0 bridgehead atoms. The SMILES string of the molecule is COc1cc2c(cc1F)C1(CO2)C(=O)N(C(c2ccccc2)c2ccccc2)c2ccccc21. The second-order valence-electron chi connectivity index (χ2n) is 8.59. The van der Waals surface area contributed by atoms with Crippen LogP contribution in [-0.2, 0) is 10.2 Å². The first-order valence-corrected chi connectivity index (χ1v) is 11.2. The minimum atomic E-state index is -1.12. The van der Waals surface area contributed by atoms with Crippen LogP contribution in [-0.4, -0.2) is 19.6 Å². The van der Waals surface area contributed by atoms with Crippen molar-refractivity contribution in [3.05, 3.63) is 125 Å². The summed E-state index contributed by atoms with van der Waals surface area (Å²) in [5, 5.41) is 0. The molecule has 0 saturated carbocycles. The van der Waals surface area contributed by atoms with Crippen LogP contribution in [0.3, 0.4) is 0 Å². The van der Waals surface area contributed by atoms with Gasteiger partial charge in [0.25, 0.3) is 0 Å². The first-order chi connectivity index (χ1) is 16.6. The summed E-state index contributed by atoms with van der Waals surface area (Å²) in [4.78, 5) is 16.3. The van der Waals surface area contributed by atoms with Crippen LogP contribution in [0.5, 0.6) is 11.5 Å². The van der Waals surface area contributed by atoms with E-state index in [4.69, 9.17) is 9.47 Å². The largest absolute Gasteiger partial charge is 0.494 e. The van der Waals surface area contributed by atoms with Gasteiger partial charge in [-0.2, -0.15) is 0 Å². The van der Waals surface area contributed by atoms with Crippen molar-refractivity contribution in [2.45, 2.75) is 11.5 Å². The van der Waals surface area contributed by atoms with Gasteiger partial charge in [0.2, 0.25) is 5.91 Å². The highest BCUT2D eigenvalue weighted by Gasteiger charge is 2.58. The molecule has 2 aliphatic rings. The lowest BCUT2D eigenvalue weighted by molar-refractivity contribution is -0.122. The molecule has 2 heterocycles. The number of amides is 1. The Balaban J connectivity index is 1.59. The third-order valence-electron chi connectivity index (χ3n) is 6.85. The van der Waals surface area contributed by atoms with E-state index in [1.54, 1.807) is 0 Å². The second kappa shape index (κ2) is 7.73. The average molecular weight is 451 g/mol. The van der Waals surface area contributed by atoms with Gasteiger partial charge < -0.3 is 9.47 Å². The molecule has 0 N–H and O–H groups in total. The Kier molecular flexibility index (Phi) is 4.66. The van der Waals surface area contributed by atoms with Gasteiger partial charge in [0, 0.05) is 17.3 Å². The zero-order chi connectivity index (χ0) is 23.3. The van der Waals surface area contributed by atoms with Crippen molar-refractivity contribution in [3.63, 3.8) is 0 Å². The molecule has 0 aromatic heterocycles. The van der Waals surface area contributed by atoms with E-state index >= 15 is 0 Å². The van der Waals surface area contributed by atoms with Crippen molar-refractivity contribution in [1.29, 1.82) is 0 Å². The Morgan fingerprint density at radius 2 is 1.50 bits per heavy atom. The maximum Gasteiger partial charge on any atom is 0.246 e. The van der Waals surface area contributed by atoms with Gasteiger partial charge in [-0.1, -0.05) is 78.9 Å². The Labute approximate surface area is 197 Å². The molecule has 1 atom stereocenters. The fourth-order valence-corrected chi connectivity index (χ4v) is 5.30. The molecule has 6 rings (SSSR count). The number of para-hydroxylation sites is 1. The first kappa shape index (κ1) is 20.5. The lowest BCUT2D eigenvalue weighted by Gasteiger charge is -2.31. The van der Waals surface area contributed by atoms with Crippen molar-refractivity contribution in [3.8, 4) is 11.5 Å². The molecule has 0 aliphatic carbocycles. The fraction of sp³-hybridized carbons (Fsp3) is 0.138. The maximum absolute atomic E-state index is 14.9. The van der Waals surface area contributed by atoms with Crippen LogP contribution in [0.25, 0.3) is 0 Å². The quantitative estimate of drug-likeness (QED) is 0.403. The van der Waals surface area contributed by atoms with Crippen molar-refractivity contribution in [2.24, 2.45) is 0 Å². The zero-order valence-electron chi connectivity index (χ0n) is 18.6. The molecule has 0 radical (unpaired) electrons. The van der Waals surface area contributed by atoms with Crippen molar-refractivity contribution >= 4 is 11.6 Å². The van der Waals surface area contributed by atoms with Crippen molar-refractivity contribution in [1.82, 2.24) is 0 Å². The maximum atomic E-state index is 14.9. The summed E-state index contributed by atoms with van der Waals surface area (Å²) < 4.78 is 26.0. The van der Waals surface area contributed by atoms with Crippen LogP contribution >= 0.6 is 0 Å². The van der Waals surface area contributed by atoms with Crippen LogP contribution in [0.2, 0.25) is 0 Å². The van der Waals surface area contributed by atoms with Gasteiger partial charge in [-0.25, -0.2) is 4.39 Å². The molecule has 0 saturated heterocycles. The number of ether oxygens (including phenoxy) is 2. The van der Waals surface area contributed by atoms with Crippen LogP contribution in [0.1, 0.15) is 28.3 Å². The summed E-state index contributed by atoms with van der Waals surface area (Å²) in [7, 11) is 1.41. The molecule has 2 aliphatic heterocycles. The highest BCUT2D eigenvalue weighted by Crippen LogP contribution is 2.55. The Hall–Kier alpha value is -4.12. The molecule has 4 aromatic rings. The van der Waals surface area contributed by atoms with E-state index in [-0.39, 0.29) is 24.3 Å².